The number of rotatable bonds is 8. The Morgan fingerprint density at radius 1 is 0.783 bits per heavy atom. The molecule has 2 aromatic rings. The van der Waals surface area contributed by atoms with Gasteiger partial charge >= 0.3 is 0 Å². The van der Waals surface area contributed by atoms with Crippen molar-refractivity contribution in [2.75, 3.05) is 13.2 Å². The third-order valence-electron chi connectivity index (χ3n) is 3.31. The topological polar surface area (TPSA) is 52.6 Å². The molecule has 0 bridgehead atoms. The molecule has 0 saturated carbocycles. The molecule has 0 aliphatic heterocycles. The van der Waals surface area contributed by atoms with Gasteiger partial charge in [0.1, 0.15) is 11.5 Å². The number of hydrogen-bond acceptors (Lipinski definition) is 4. The summed E-state index contributed by atoms with van der Waals surface area (Å²) in [5.41, 5.74) is 1.28. The Balaban J connectivity index is 1.76. The van der Waals surface area contributed by atoms with Gasteiger partial charge in [-0.1, -0.05) is 24.3 Å². The van der Waals surface area contributed by atoms with Gasteiger partial charge in [0, 0.05) is 17.5 Å². The van der Waals surface area contributed by atoms with E-state index in [9.17, 15) is 9.59 Å². The Bertz CT molecular complexity index is 632. The average molecular weight is 312 g/mol. The largest absolute Gasteiger partial charge is 0.493 e. The predicted molar refractivity (Wildman–Crippen MR) is 88.5 cm³/mol. The van der Waals surface area contributed by atoms with E-state index in [0.717, 1.165) is 0 Å². The quantitative estimate of drug-likeness (QED) is 0.547. The lowest BCUT2D eigenvalue weighted by molar-refractivity contribution is 0.100. The van der Waals surface area contributed by atoms with Gasteiger partial charge in [0.25, 0.3) is 0 Å². The van der Waals surface area contributed by atoms with E-state index in [0.29, 0.717) is 42.3 Å². The second kappa shape index (κ2) is 8.13. The van der Waals surface area contributed by atoms with E-state index in [-0.39, 0.29) is 11.6 Å². The SMILES string of the molecule is CC(=O)c1cccc(OCCCOc2cccc(C(C)=O)c2)c1. The van der Waals surface area contributed by atoms with E-state index in [1.165, 1.54) is 13.8 Å². The van der Waals surface area contributed by atoms with Crippen molar-refractivity contribution in [3.63, 3.8) is 0 Å². The van der Waals surface area contributed by atoms with Crippen molar-refractivity contribution < 1.29 is 19.1 Å². The van der Waals surface area contributed by atoms with Crippen LogP contribution >= 0.6 is 0 Å². The molecular weight excluding hydrogens is 292 g/mol. The highest BCUT2D eigenvalue weighted by Gasteiger charge is 2.02. The Kier molecular flexibility index (Phi) is 5.92. The molecule has 0 aliphatic carbocycles. The van der Waals surface area contributed by atoms with Crippen LogP contribution < -0.4 is 9.47 Å². The molecule has 0 aromatic heterocycles. The van der Waals surface area contributed by atoms with E-state index in [4.69, 9.17) is 9.47 Å². The Morgan fingerprint density at radius 2 is 1.22 bits per heavy atom. The third kappa shape index (κ3) is 5.25. The van der Waals surface area contributed by atoms with Gasteiger partial charge in [-0.05, 0) is 38.1 Å². The summed E-state index contributed by atoms with van der Waals surface area (Å²) in [7, 11) is 0. The lowest BCUT2D eigenvalue weighted by Crippen LogP contribution is -2.05. The predicted octanol–water partition coefficient (Wildman–Crippen LogP) is 3.94. The number of benzene rings is 2. The lowest BCUT2D eigenvalue weighted by atomic mass is 10.1. The first-order valence-corrected chi connectivity index (χ1v) is 7.54. The number of carbonyl (C=O) groups is 2. The molecule has 0 atom stereocenters. The van der Waals surface area contributed by atoms with Crippen molar-refractivity contribution in [2.45, 2.75) is 20.3 Å². The maximum Gasteiger partial charge on any atom is 0.159 e. The standard InChI is InChI=1S/C19H20O4/c1-14(20)16-6-3-8-18(12-16)22-10-5-11-23-19-9-4-7-17(13-19)15(2)21/h3-4,6-9,12-13H,5,10-11H2,1-2H3. The first-order chi connectivity index (χ1) is 11.1. The molecule has 0 unspecified atom stereocenters. The molecule has 23 heavy (non-hydrogen) atoms. The monoisotopic (exact) mass is 312 g/mol. The van der Waals surface area contributed by atoms with Gasteiger partial charge in [0.2, 0.25) is 0 Å². The molecule has 0 amide bonds. The van der Waals surface area contributed by atoms with Crippen LogP contribution in [0.1, 0.15) is 41.0 Å². The van der Waals surface area contributed by atoms with Crippen molar-refractivity contribution in [2.24, 2.45) is 0 Å². The van der Waals surface area contributed by atoms with Crippen LogP contribution in [0.15, 0.2) is 48.5 Å². The summed E-state index contributed by atoms with van der Waals surface area (Å²) >= 11 is 0. The maximum atomic E-state index is 11.3. The maximum absolute atomic E-state index is 11.3. The van der Waals surface area contributed by atoms with Crippen LogP contribution in [0.2, 0.25) is 0 Å². The minimum atomic E-state index is 0.0177. The number of Topliss-reactive ketones (excluding diaryl/α,β-unsaturated/α-hetero) is 2. The highest BCUT2D eigenvalue weighted by atomic mass is 16.5. The van der Waals surface area contributed by atoms with Crippen LogP contribution in [-0.4, -0.2) is 24.8 Å². The molecule has 0 spiro atoms. The molecule has 0 saturated heterocycles. The molecule has 4 heteroatoms. The number of carbonyl (C=O) groups excluding carboxylic acids is 2. The second-order valence-electron chi connectivity index (χ2n) is 5.22. The summed E-state index contributed by atoms with van der Waals surface area (Å²) in [4.78, 5) is 22.6. The van der Waals surface area contributed by atoms with E-state index < -0.39 is 0 Å². The van der Waals surface area contributed by atoms with Crippen LogP contribution in [0.25, 0.3) is 0 Å². The molecule has 120 valence electrons. The van der Waals surface area contributed by atoms with Gasteiger partial charge < -0.3 is 9.47 Å². The molecule has 0 aliphatic rings. The van der Waals surface area contributed by atoms with Gasteiger partial charge in [-0.25, -0.2) is 0 Å². The minimum absolute atomic E-state index is 0.0177. The zero-order chi connectivity index (χ0) is 16.7. The highest BCUT2D eigenvalue weighted by Crippen LogP contribution is 2.15. The molecule has 0 N–H and O–H groups in total. The summed E-state index contributed by atoms with van der Waals surface area (Å²) in [6.07, 6.45) is 0.703. The molecule has 0 heterocycles. The van der Waals surface area contributed by atoms with Gasteiger partial charge in [-0.2, -0.15) is 0 Å². The molecule has 0 radical (unpaired) electrons. The van der Waals surface area contributed by atoms with Crippen molar-refractivity contribution in [3.8, 4) is 11.5 Å². The smallest absolute Gasteiger partial charge is 0.159 e. The lowest BCUT2D eigenvalue weighted by Gasteiger charge is -2.09. The molecule has 4 nitrogen and oxygen atoms in total. The average Bonchev–Trinajstić information content (AvgIpc) is 2.55. The summed E-state index contributed by atoms with van der Waals surface area (Å²) < 4.78 is 11.2. The fourth-order valence-electron chi connectivity index (χ4n) is 2.05. The van der Waals surface area contributed by atoms with E-state index >= 15 is 0 Å². The zero-order valence-electron chi connectivity index (χ0n) is 13.4. The second-order valence-corrected chi connectivity index (χ2v) is 5.22. The van der Waals surface area contributed by atoms with Crippen molar-refractivity contribution in [1.29, 1.82) is 0 Å². The Hall–Kier alpha value is -2.62. The molecule has 2 rings (SSSR count). The normalized spacial score (nSPS) is 10.2. The van der Waals surface area contributed by atoms with E-state index in [2.05, 4.69) is 0 Å². The zero-order valence-corrected chi connectivity index (χ0v) is 13.4. The Labute approximate surface area is 136 Å². The van der Waals surface area contributed by atoms with Gasteiger partial charge in [0.15, 0.2) is 11.6 Å². The first kappa shape index (κ1) is 16.7. The van der Waals surface area contributed by atoms with Crippen molar-refractivity contribution >= 4 is 11.6 Å². The van der Waals surface area contributed by atoms with Crippen LogP contribution in [0, 0.1) is 0 Å². The first-order valence-electron chi connectivity index (χ1n) is 7.54. The summed E-state index contributed by atoms with van der Waals surface area (Å²) in [5.74, 6) is 1.39. The highest BCUT2D eigenvalue weighted by molar-refractivity contribution is 5.94. The van der Waals surface area contributed by atoms with E-state index in [1.54, 1.807) is 36.4 Å². The molecule has 0 fully saturated rings. The number of ketones is 2. The van der Waals surface area contributed by atoms with E-state index in [1.807, 2.05) is 12.1 Å². The fraction of sp³-hybridized carbons (Fsp3) is 0.263. The van der Waals surface area contributed by atoms with Crippen LogP contribution in [0.5, 0.6) is 11.5 Å². The number of ether oxygens (including phenoxy) is 2. The van der Waals surface area contributed by atoms with Crippen molar-refractivity contribution in [3.05, 3.63) is 59.7 Å². The van der Waals surface area contributed by atoms with Gasteiger partial charge in [-0.3, -0.25) is 9.59 Å². The molecule has 2 aromatic carbocycles. The summed E-state index contributed by atoms with van der Waals surface area (Å²) in [6.45, 7) is 4.05. The van der Waals surface area contributed by atoms with Gasteiger partial charge in [-0.15, -0.1) is 0 Å². The minimum Gasteiger partial charge on any atom is -0.493 e. The van der Waals surface area contributed by atoms with Crippen LogP contribution in [0.3, 0.4) is 0 Å². The Morgan fingerprint density at radius 3 is 1.61 bits per heavy atom. The number of hydrogen-bond donors (Lipinski definition) is 0. The third-order valence-corrected chi connectivity index (χ3v) is 3.31. The summed E-state index contributed by atoms with van der Waals surface area (Å²) in [6, 6.07) is 14.2. The van der Waals surface area contributed by atoms with Crippen LogP contribution in [0.4, 0.5) is 0 Å². The van der Waals surface area contributed by atoms with Crippen LogP contribution in [-0.2, 0) is 0 Å². The molecular formula is C19H20O4. The fourth-order valence-corrected chi connectivity index (χ4v) is 2.05. The van der Waals surface area contributed by atoms with Gasteiger partial charge in [0.05, 0.1) is 13.2 Å². The summed E-state index contributed by atoms with van der Waals surface area (Å²) in [5, 5.41) is 0. The van der Waals surface area contributed by atoms with Crippen molar-refractivity contribution in [1.82, 2.24) is 0 Å².